The Hall–Kier alpha value is -3.43. The first-order valence-corrected chi connectivity index (χ1v) is 5.58. The molecule has 0 aromatic carbocycles. The van der Waals surface area contributed by atoms with Crippen molar-refractivity contribution in [3.8, 4) is 0 Å². The highest BCUT2D eigenvalue weighted by atomic mass is 17.0. The number of aliphatic hydroxyl groups excluding tert-OH is 1. The van der Waals surface area contributed by atoms with Crippen LogP contribution in [0.5, 0.6) is 0 Å². The van der Waals surface area contributed by atoms with Gasteiger partial charge in [0.1, 0.15) is 19.8 Å². The SMILES string of the molecule is C=COC(N)=O.O=[N+]([O-])OCC(CO)(CO[N+](=O)[O-])CO[N+](=O)[O-]. The van der Waals surface area contributed by atoms with E-state index in [-0.39, 0.29) is 0 Å². The van der Waals surface area contributed by atoms with Crippen molar-refractivity contribution in [3.63, 3.8) is 0 Å². The Morgan fingerprint density at radius 3 is 1.50 bits per heavy atom. The summed E-state index contributed by atoms with van der Waals surface area (Å²) in [5.41, 5.74) is 2.67. The third-order valence-electron chi connectivity index (χ3n) is 1.96. The third-order valence-corrected chi connectivity index (χ3v) is 1.96. The number of carbonyl (C=O) groups excluding carboxylic acids is 1. The maximum atomic E-state index is 9.99. The van der Waals surface area contributed by atoms with Gasteiger partial charge in [-0.2, -0.15) is 0 Å². The van der Waals surface area contributed by atoms with E-state index < -0.39 is 53.2 Å². The number of nitrogens with two attached hydrogens (primary N) is 1. The summed E-state index contributed by atoms with van der Waals surface area (Å²) < 4.78 is 3.94. The van der Waals surface area contributed by atoms with Gasteiger partial charge in [0.2, 0.25) is 0 Å². The maximum absolute atomic E-state index is 9.99. The van der Waals surface area contributed by atoms with Crippen LogP contribution in [0.25, 0.3) is 0 Å². The van der Waals surface area contributed by atoms with E-state index >= 15 is 0 Å². The molecule has 0 aliphatic rings. The molecule has 0 unspecified atom stereocenters. The number of primary amides is 1. The number of nitrogens with zero attached hydrogens (tertiary/aromatic N) is 3. The van der Waals surface area contributed by atoms with Crippen LogP contribution in [0.4, 0.5) is 4.79 Å². The Balaban J connectivity index is 0. The van der Waals surface area contributed by atoms with Crippen molar-refractivity contribution < 1.29 is 44.4 Å². The number of aliphatic hydroxyl groups is 1. The largest absolute Gasteiger partial charge is 0.419 e. The van der Waals surface area contributed by atoms with E-state index in [0.717, 1.165) is 6.26 Å². The van der Waals surface area contributed by atoms with Gasteiger partial charge in [-0.25, -0.2) is 4.79 Å². The third kappa shape index (κ3) is 13.5. The zero-order chi connectivity index (χ0) is 19.2. The lowest BCUT2D eigenvalue weighted by atomic mass is 9.93. The number of carbonyl (C=O) groups is 1. The molecule has 16 heteroatoms. The molecule has 0 heterocycles. The van der Waals surface area contributed by atoms with Crippen LogP contribution < -0.4 is 5.73 Å². The van der Waals surface area contributed by atoms with Crippen molar-refractivity contribution in [2.24, 2.45) is 11.1 Å². The summed E-state index contributed by atoms with van der Waals surface area (Å²) in [5.74, 6) is 0. The summed E-state index contributed by atoms with van der Waals surface area (Å²) in [6.07, 6.45) is 0.146. The molecule has 0 aliphatic carbocycles. The normalized spacial score (nSPS) is 9.54. The van der Waals surface area contributed by atoms with Crippen molar-refractivity contribution in [1.29, 1.82) is 0 Å². The van der Waals surface area contributed by atoms with E-state index in [4.69, 9.17) is 5.11 Å². The van der Waals surface area contributed by atoms with Crippen LogP contribution in [0.2, 0.25) is 0 Å². The zero-order valence-corrected chi connectivity index (χ0v) is 12.0. The van der Waals surface area contributed by atoms with Gasteiger partial charge in [-0.1, -0.05) is 6.58 Å². The van der Waals surface area contributed by atoms with Gasteiger partial charge >= 0.3 is 6.09 Å². The molecule has 3 N–H and O–H groups in total. The molecule has 0 saturated carbocycles. The first-order valence-electron chi connectivity index (χ1n) is 5.58. The van der Waals surface area contributed by atoms with E-state index in [1.807, 2.05) is 0 Å². The van der Waals surface area contributed by atoms with Gasteiger partial charge in [-0.05, 0) is 0 Å². The molecule has 0 fully saturated rings. The fraction of sp³-hybridized carbons (Fsp3) is 0.625. The molecule has 0 bridgehead atoms. The first-order chi connectivity index (χ1) is 11.1. The zero-order valence-electron chi connectivity index (χ0n) is 12.0. The van der Waals surface area contributed by atoms with Gasteiger partial charge in [0.15, 0.2) is 0 Å². The average Bonchev–Trinajstić information content (AvgIpc) is 2.47. The standard InChI is InChI=1S/C5H9N3O10.C3H5NO2/c9-1-5(2-16-6(10)11,3-17-7(12)13)4-18-8(14)15;1-2-6-3(4)5/h9H,1-4H2;2H,1H2,(H2,4,5). The average molecular weight is 358 g/mol. The lowest BCUT2D eigenvalue weighted by Crippen LogP contribution is -2.42. The Morgan fingerprint density at radius 1 is 1.04 bits per heavy atom. The molecule has 0 aromatic heterocycles. The van der Waals surface area contributed by atoms with Crippen LogP contribution in [0.3, 0.4) is 0 Å². The molecule has 0 aliphatic heterocycles. The second kappa shape index (κ2) is 12.1. The highest BCUT2D eigenvalue weighted by molar-refractivity contribution is 5.65. The molecule has 0 aromatic rings. The maximum Gasteiger partial charge on any atom is 0.409 e. The second-order valence-electron chi connectivity index (χ2n) is 3.75. The minimum absolute atomic E-state index is 0.829. The van der Waals surface area contributed by atoms with E-state index in [1.54, 1.807) is 0 Å². The minimum atomic E-state index is -1.80. The van der Waals surface area contributed by atoms with E-state index in [9.17, 15) is 35.1 Å². The van der Waals surface area contributed by atoms with E-state index in [2.05, 4.69) is 31.6 Å². The van der Waals surface area contributed by atoms with Gasteiger partial charge in [-0.15, -0.1) is 30.3 Å². The monoisotopic (exact) mass is 358 g/mol. The van der Waals surface area contributed by atoms with Gasteiger partial charge in [-0.3, -0.25) is 0 Å². The van der Waals surface area contributed by atoms with Crippen LogP contribution in [0, 0.1) is 35.8 Å². The summed E-state index contributed by atoms with van der Waals surface area (Å²) in [4.78, 5) is 51.3. The highest BCUT2D eigenvalue weighted by Gasteiger charge is 2.34. The molecule has 24 heavy (non-hydrogen) atoms. The van der Waals surface area contributed by atoms with Crippen LogP contribution in [0.1, 0.15) is 0 Å². The Kier molecular flexibility index (Phi) is 11.6. The molecule has 16 nitrogen and oxygen atoms in total. The quantitative estimate of drug-likeness (QED) is 0.252. The van der Waals surface area contributed by atoms with Crippen molar-refractivity contribution in [2.75, 3.05) is 26.4 Å². The Labute approximate surface area is 132 Å². The summed E-state index contributed by atoms with van der Waals surface area (Å²) >= 11 is 0. The Morgan fingerprint density at radius 2 is 1.38 bits per heavy atom. The highest BCUT2D eigenvalue weighted by Crippen LogP contribution is 2.19. The number of hydrogen-bond acceptors (Lipinski definition) is 12. The lowest BCUT2D eigenvalue weighted by Gasteiger charge is -2.27. The predicted molar refractivity (Wildman–Crippen MR) is 69.2 cm³/mol. The van der Waals surface area contributed by atoms with Crippen LogP contribution in [-0.4, -0.2) is 52.9 Å². The summed E-state index contributed by atoms with van der Waals surface area (Å²) in [6, 6.07) is 0. The minimum Gasteiger partial charge on any atom is -0.419 e. The number of ether oxygens (including phenoxy) is 1. The number of hydrogen-bond donors (Lipinski definition) is 2. The van der Waals surface area contributed by atoms with E-state index in [0.29, 0.717) is 0 Å². The number of amides is 1. The van der Waals surface area contributed by atoms with Crippen LogP contribution >= 0.6 is 0 Å². The van der Waals surface area contributed by atoms with Gasteiger partial charge < -0.3 is 30.1 Å². The molecule has 0 atom stereocenters. The van der Waals surface area contributed by atoms with E-state index in [1.165, 1.54) is 0 Å². The molecule has 1 amide bonds. The molecule has 0 radical (unpaired) electrons. The van der Waals surface area contributed by atoms with Gasteiger partial charge in [0, 0.05) is 0 Å². The smallest absolute Gasteiger partial charge is 0.409 e. The van der Waals surface area contributed by atoms with Gasteiger partial charge in [0.25, 0.3) is 15.3 Å². The molecule has 138 valence electrons. The predicted octanol–water partition coefficient (Wildman–Crippen LogP) is -1.18. The van der Waals surface area contributed by atoms with Crippen molar-refractivity contribution in [3.05, 3.63) is 43.2 Å². The van der Waals surface area contributed by atoms with Crippen molar-refractivity contribution in [2.45, 2.75) is 0 Å². The molecule has 0 spiro atoms. The second-order valence-corrected chi connectivity index (χ2v) is 3.75. The topological polar surface area (TPSA) is 230 Å². The van der Waals surface area contributed by atoms with Gasteiger partial charge in [0.05, 0.1) is 18.3 Å². The summed E-state index contributed by atoms with van der Waals surface area (Å²) in [5, 5.41) is 35.3. The molecular weight excluding hydrogens is 344 g/mol. The fourth-order valence-electron chi connectivity index (χ4n) is 0.913. The molecule has 0 saturated heterocycles. The first kappa shape index (κ1) is 22.8. The summed E-state index contributed by atoms with van der Waals surface area (Å²) in [7, 11) is 0. The molecular formula is C8H14N4O12. The fourth-order valence-corrected chi connectivity index (χ4v) is 0.913. The van der Waals surface area contributed by atoms with Crippen LogP contribution in [0.15, 0.2) is 12.8 Å². The van der Waals surface area contributed by atoms with Crippen molar-refractivity contribution in [1.82, 2.24) is 0 Å². The Bertz CT molecular complexity index is 409. The summed E-state index contributed by atoms with van der Waals surface area (Å²) in [6.45, 7) is -0.425. The lowest BCUT2D eigenvalue weighted by molar-refractivity contribution is -0.782. The number of rotatable bonds is 11. The molecule has 0 rings (SSSR count). The van der Waals surface area contributed by atoms with Crippen molar-refractivity contribution >= 4 is 6.09 Å². The van der Waals surface area contributed by atoms with Crippen LogP contribution in [-0.2, 0) is 19.2 Å².